The molecule has 0 saturated heterocycles. The lowest BCUT2D eigenvalue weighted by Crippen LogP contribution is -2.22. The summed E-state index contributed by atoms with van der Waals surface area (Å²) in [7, 11) is 0. The Labute approximate surface area is 102 Å². The Morgan fingerprint density at radius 1 is 1.53 bits per heavy atom. The van der Waals surface area contributed by atoms with Gasteiger partial charge in [-0.1, -0.05) is 0 Å². The number of rotatable bonds is 5. The maximum Gasteiger partial charge on any atom is 0.213 e. The van der Waals surface area contributed by atoms with Crippen molar-refractivity contribution >= 4 is 5.69 Å². The van der Waals surface area contributed by atoms with E-state index in [0.29, 0.717) is 12.5 Å². The largest absolute Gasteiger partial charge is 0.497 e. The summed E-state index contributed by atoms with van der Waals surface area (Å²) in [5.41, 5.74) is 0.992. The number of ether oxygens (including phenoxy) is 2. The summed E-state index contributed by atoms with van der Waals surface area (Å²) in [5.74, 6) is 0.662. The van der Waals surface area contributed by atoms with Crippen LogP contribution in [0.1, 0.15) is 19.8 Å². The number of nitrogens with zero attached hydrogens (tertiary/aromatic N) is 1. The number of allylic oxidation sites excluding steroid dienone is 1. The van der Waals surface area contributed by atoms with E-state index in [0.717, 1.165) is 25.1 Å². The van der Waals surface area contributed by atoms with Gasteiger partial charge in [0.15, 0.2) is 0 Å². The highest BCUT2D eigenvalue weighted by Crippen LogP contribution is 2.14. The van der Waals surface area contributed by atoms with E-state index in [2.05, 4.69) is 16.4 Å². The van der Waals surface area contributed by atoms with Crippen LogP contribution in [0, 0.1) is 0 Å². The summed E-state index contributed by atoms with van der Waals surface area (Å²) in [5, 5.41) is 3.31. The lowest BCUT2D eigenvalue weighted by atomic mass is 10.1. The van der Waals surface area contributed by atoms with Crippen LogP contribution in [0.25, 0.3) is 0 Å². The van der Waals surface area contributed by atoms with Crippen LogP contribution in [0.2, 0.25) is 0 Å². The standard InChI is InChI=1S/C13H18N2O2/c1-2-16-13-7-6-11(9-15-13)14-10-12-5-3-4-8-17-12/h4,6-9,12,14H,2-3,5,10H2,1H3. The van der Waals surface area contributed by atoms with Crippen LogP contribution in [0.15, 0.2) is 30.7 Å². The van der Waals surface area contributed by atoms with Crippen molar-refractivity contribution < 1.29 is 9.47 Å². The van der Waals surface area contributed by atoms with Gasteiger partial charge in [-0.2, -0.15) is 0 Å². The smallest absolute Gasteiger partial charge is 0.213 e. The molecule has 1 aliphatic heterocycles. The lowest BCUT2D eigenvalue weighted by molar-refractivity contribution is 0.135. The first-order valence-electron chi connectivity index (χ1n) is 6.01. The predicted octanol–water partition coefficient (Wildman–Crippen LogP) is 2.58. The van der Waals surface area contributed by atoms with Gasteiger partial charge < -0.3 is 14.8 Å². The van der Waals surface area contributed by atoms with E-state index in [1.54, 1.807) is 12.5 Å². The fraction of sp³-hybridized carbons (Fsp3) is 0.462. The molecule has 1 aromatic heterocycles. The minimum absolute atomic E-state index is 0.256. The average Bonchev–Trinajstić information content (AvgIpc) is 2.40. The molecule has 92 valence electrons. The van der Waals surface area contributed by atoms with Crippen molar-refractivity contribution in [2.75, 3.05) is 18.5 Å². The van der Waals surface area contributed by atoms with Crippen molar-refractivity contribution in [1.82, 2.24) is 4.98 Å². The molecule has 1 aliphatic rings. The Balaban J connectivity index is 1.80. The fourth-order valence-corrected chi connectivity index (χ4v) is 1.68. The number of aromatic nitrogens is 1. The van der Waals surface area contributed by atoms with Gasteiger partial charge in [0, 0.05) is 6.07 Å². The molecule has 1 atom stereocenters. The van der Waals surface area contributed by atoms with Gasteiger partial charge in [0.2, 0.25) is 5.88 Å². The van der Waals surface area contributed by atoms with Crippen LogP contribution in [-0.2, 0) is 4.74 Å². The van der Waals surface area contributed by atoms with Crippen LogP contribution in [0.5, 0.6) is 5.88 Å². The quantitative estimate of drug-likeness (QED) is 0.850. The molecule has 1 unspecified atom stereocenters. The summed E-state index contributed by atoms with van der Waals surface area (Å²) in [6.45, 7) is 3.39. The van der Waals surface area contributed by atoms with Gasteiger partial charge in [0.25, 0.3) is 0 Å². The number of anilines is 1. The van der Waals surface area contributed by atoms with Gasteiger partial charge in [-0.3, -0.25) is 0 Å². The highest BCUT2D eigenvalue weighted by atomic mass is 16.5. The van der Waals surface area contributed by atoms with Crippen molar-refractivity contribution in [2.45, 2.75) is 25.9 Å². The zero-order valence-corrected chi connectivity index (χ0v) is 10.1. The molecule has 2 rings (SSSR count). The Bertz CT molecular complexity index is 362. The summed E-state index contributed by atoms with van der Waals surface area (Å²) in [6.07, 6.45) is 8.03. The van der Waals surface area contributed by atoms with E-state index in [4.69, 9.17) is 9.47 Å². The Kier molecular flexibility index (Phi) is 4.24. The van der Waals surface area contributed by atoms with E-state index in [-0.39, 0.29) is 6.10 Å². The highest BCUT2D eigenvalue weighted by molar-refractivity contribution is 5.42. The van der Waals surface area contributed by atoms with Crippen LogP contribution in [-0.4, -0.2) is 24.2 Å². The molecule has 1 N–H and O–H groups in total. The molecule has 17 heavy (non-hydrogen) atoms. The molecule has 4 nitrogen and oxygen atoms in total. The normalized spacial score (nSPS) is 18.5. The number of hydrogen-bond donors (Lipinski definition) is 1. The predicted molar refractivity (Wildman–Crippen MR) is 67.1 cm³/mol. The molecule has 0 aromatic carbocycles. The van der Waals surface area contributed by atoms with Gasteiger partial charge in [-0.25, -0.2) is 4.98 Å². The second-order valence-corrected chi connectivity index (χ2v) is 3.91. The molecule has 0 amide bonds. The van der Waals surface area contributed by atoms with Crippen LogP contribution in [0.3, 0.4) is 0 Å². The van der Waals surface area contributed by atoms with Crippen LogP contribution < -0.4 is 10.1 Å². The third-order valence-corrected chi connectivity index (χ3v) is 2.58. The Morgan fingerprint density at radius 2 is 2.47 bits per heavy atom. The Morgan fingerprint density at radius 3 is 3.12 bits per heavy atom. The molecule has 0 saturated carbocycles. The van der Waals surface area contributed by atoms with Gasteiger partial charge in [-0.15, -0.1) is 0 Å². The van der Waals surface area contributed by atoms with Crippen molar-refractivity contribution in [1.29, 1.82) is 0 Å². The molecule has 0 fully saturated rings. The van der Waals surface area contributed by atoms with E-state index >= 15 is 0 Å². The zero-order valence-electron chi connectivity index (χ0n) is 10.1. The molecular formula is C13H18N2O2. The van der Waals surface area contributed by atoms with E-state index < -0.39 is 0 Å². The van der Waals surface area contributed by atoms with Gasteiger partial charge in [0.05, 0.1) is 31.3 Å². The summed E-state index contributed by atoms with van der Waals surface area (Å²) in [6, 6.07) is 3.84. The monoisotopic (exact) mass is 234 g/mol. The first kappa shape index (κ1) is 11.8. The van der Waals surface area contributed by atoms with E-state index in [1.165, 1.54) is 0 Å². The van der Waals surface area contributed by atoms with E-state index in [9.17, 15) is 0 Å². The van der Waals surface area contributed by atoms with Crippen LogP contribution >= 0.6 is 0 Å². The SMILES string of the molecule is CCOc1ccc(NCC2CCC=CO2)cn1. The molecular weight excluding hydrogens is 216 g/mol. The fourth-order valence-electron chi connectivity index (χ4n) is 1.68. The van der Waals surface area contributed by atoms with Crippen molar-refractivity contribution in [3.63, 3.8) is 0 Å². The molecule has 2 heterocycles. The summed E-state index contributed by atoms with van der Waals surface area (Å²) >= 11 is 0. The third kappa shape index (κ3) is 3.66. The highest BCUT2D eigenvalue weighted by Gasteiger charge is 2.10. The summed E-state index contributed by atoms with van der Waals surface area (Å²) in [4.78, 5) is 4.19. The number of pyridine rings is 1. The second-order valence-electron chi connectivity index (χ2n) is 3.91. The molecule has 4 heteroatoms. The first-order chi connectivity index (χ1) is 8.38. The molecule has 0 spiro atoms. The maximum absolute atomic E-state index is 5.47. The molecule has 0 bridgehead atoms. The van der Waals surface area contributed by atoms with Gasteiger partial charge in [0.1, 0.15) is 6.10 Å². The van der Waals surface area contributed by atoms with Crippen LogP contribution in [0.4, 0.5) is 5.69 Å². The minimum Gasteiger partial charge on any atom is -0.497 e. The number of nitrogens with one attached hydrogen (secondary N) is 1. The number of hydrogen-bond acceptors (Lipinski definition) is 4. The topological polar surface area (TPSA) is 43.4 Å². The maximum atomic E-state index is 5.47. The molecule has 1 aromatic rings. The first-order valence-corrected chi connectivity index (χ1v) is 6.01. The molecule has 0 aliphatic carbocycles. The third-order valence-electron chi connectivity index (χ3n) is 2.58. The van der Waals surface area contributed by atoms with Crippen molar-refractivity contribution in [3.05, 3.63) is 30.7 Å². The average molecular weight is 234 g/mol. The minimum atomic E-state index is 0.256. The molecule has 0 radical (unpaired) electrons. The van der Waals surface area contributed by atoms with Gasteiger partial charge in [-0.05, 0) is 31.9 Å². The lowest BCUT2D eigenvalue weighted by Gasteiger charge is -2.20. The second kappa shape index (κ2) is 6.13. The van der Waals surface area contributed by atoms with E-state index in [1.807, 2.05) is 19.1 Å². The Hall–Kier alpha value is -1.71. The zero-order chi connectivity index (χ0) is 11.9. The van der Waals surface area contributed by atoms with Crippen molar-refractivity contribution in [2.24, 2.45) is 0 Å². The van der Waals surface area contributed by atoms with Gasteiger partial charge >= 0.3 is 0 Å². The van der Waals surface area contributed by atoms with Crippen molar-refractivity contribution in [3.8, 4) is 5.88 Å². The summed E-state index contributed by atoms with van der Waals surface area (Å²) < 4.78 is 10.8.